The van der Waals surface area contributed by atoms with Crippen LogP contribution in [0.3, 0.4) is 0 Å². The quantitative estimate of drug-likeness (QED) is 0.392. The summed E-state index contributed by atoms with van der Waals surface area (Å²) < 4.78 is 30.5. The summed E-state index contributed by atoms with van der Waals surface area (Å²) in [5, 5.41) is 4.19. The Morgan fingerprint density at radius 2 is 2.15 bits per heavy atom. The zero-order valence-electron chi connectivity index (χ0n) is 19.3. The number of halogens is 2. The van der Waals surface area contributed by atoms with E-state index in [2.05, 4.69) is 45.4 Å². The highest BCUT2D eigenvalue weighted by atomic mass is 31.1. The molecular formula is C24H30F2N5OP. The minimum atomic E-state index is -3.05. The molecule has 0 saturated carbocycles. The molecule has 0 spiro atoms. The van der Waals surface area contributed by atoms with Crippen LogP contribution in [0.2, 0.25) is 0 Å². The average molecular weight is 474 g/mol. The second-order valence-electron chi connectivity index (χ2n) is 8.83. The first-order chi connectivity index (χ1) is 15.7. The lowest BCUT2D eigenvalue weighted by molar-refractivity contribution is -0.104. The third-order valence-electron chi connectivity index (χ3n) is 5.95. The van der Waals surface area contributed by atoms with Gasteiger partial charge in [-0.3, -0.25) is 4.79 Å². The lowest BCUT2D eigenvalue weighted by atomic mass is 10.1. The molecule has 2 aromatic heterocycles. The van der Waals surface area contributed by atoms with E-state index in [1.54, 1.807) is 23.7 Å². The van der Waals surface area contributed by atoms with E-state index < -0.39 is 5.92 Å². The zero-order valence-corrected chi connectivity index (χ0v) is 20.3. The molecule has 0 bridgehead atoms. The minimum absolute atomic E-state index is 0.0334. The molecule has 1 N–H and O–H groups in total. The summed E-state index contributed by atoms with van der Waals surface area (Å²) in [7, 11) is 2.22. The Hall–Kier alpha value is -2.57. The maximum atomic E-state index is 14.4. The van der Waals surface area contributed by atoms with E-state index in [1.165, 1.54) is 12.1 Å². The Morgan fingerprint density at radius 1 is 1.36 bits per heavy atom. The van der Waals surface area contributed by atoms with Crippen molar-refractivity contribution in [2.45, 2.75) is 38.5 Å². The minimum Gasteiger partial charge on any atom is -0.368 e. The van der Waals surface area contributed by atoms with Gasteiger partial charge in [-0.2, -0.15) is 0 Å². The third kappa shape index (κ3) is 5.17. The fourth-order valence-corrected chi connectivity index (χ4v) is 5.56. The number of nitrogens with zero attached hydrogens (tertiary/aromatic N) is 4. The largest absolute Gasteiger partial charge is 0.368 e. The third-order valence-corrected chi connectivity index (χ3v) is 7.61. The molecule has 2 aliphatic heterocycles. The van der Waals surface area contributed by atoms with Gasteiger partial charge in [-0.1, -0.05) is 14.7 Å². The number of carbonyl (C=O) groups is 1. The monoisotopic (exact) mass is 473 g/mol. The van der Waals surface area contributed by atoms with Crippen molar-refractivity contribution in [3.8, 4) is 0 Å². The van der Waals surface area contributed by atoms with E-state index >= 15 is 0 Å². The maximum absolute atomic E-state index is 14.4. The Bertz CT molecular complexity index is 1130. The van der Waals surface area contributed by atoms with Crippen LogP contribution in [0.15, 0.2) is 48.6 Å². The number of imidazole rings is 1. The Balaban J connectivity index is 1.61. The van der Waals surface area contributed by atoms with Crippen LogP contribution in [0, 0.1) is 6.92 Å². The van der Waals surface area contributed by atoms with Crippen molar-refractivity contribution < 1.29 is 13.6 Å². The van der Waals surface area contributed by atoms with Gasteiger partial charge >= 0.3 is 0 Å². The van der Waals surface area contributed by atoms with Gasteiger partial charge in [0.1, 0.15) is 11.9 Å². The van der Waals surface area contributed by atoms with Gasteiger partial charge in [0, 0.05) is 58.2 Å². The molecule has 4 rings (SSSR count). The van der Waals surface area contributed by atoms with Crippen LogP contribution in [0.25, 0.3) is 11.0 Å². The number of hydrogen-bond acceptors (Lipinski definition) is 5. The lowest BCUT2D eigenvalue weighted by Crippen LogP contribution is -2.49. The molecule has 2 aromatic rings. The lowest BCUT2D eigenvalue weighted by Gasteiger charge is -2.38. The Labute approximate surface area is 194 Å². The summed E-state index contributed by atoms with van der Waals surface area (Å²) in [6.07, 6.45) is 12.1. The fourth-order valence-electron chi connectivity index (χ4n) is 4.31. The van der Waals surface area contributed by atoms with E-state index in [1.807, 2.05) is 7.05 Å². The van der Waals surface area contributed by atoms with Gasteiger partial charge in [-0.15, -0.1) is 0 Å². The molecule has 1 fully saturated rings. The molecular weight excluding hydrogens is 443 g/mol. The Morgan fingerprint density at radius 3 is 2.82 bits per heavy atom. The first-order valence-electron chi connectivity index (χ1n) is 11.1. The van der Waals surface area contributed by atoms with Crippen molar-refractivity contribution >= 4 is 25.8 Å². The predicted molar refractivity (Wildman–Crippen MR) is 130 cm³/mol. The SMILES string of the molecule is Cc1cn2cc(/C(=C/C=O)PC3C=CC(N4CCN[C@@H](C)C4)=CN3C)cc(C(C)(F)F)c2n1. The van der Waals surface area contributed by atoms with E-state index in [-0.39, 0.29) is 25.6 Å². The number of fused-ring (bicyclic) bond motifs is 1. The van der Waals surface area contributed by atoms with Crippen LogP contribution < -0.4 is 5.32 Å². The van der Waals surface area contributed by atoms with E-state index in [0.29, 0.717) is 17.3 Å². The number of rotatable bonds is 6. The van der Waals surface area contributed by atoms with Crippen LogP contribution in [0.5, 0.6) is 0 Å². The number of allylic oxidation sites excluding steroid dienone is 2. The van der Waals surface area contributed by atoms with Crippen LogP contribution in [-0.2, 0) is 10.7 Å². The highest BCUT2D eigenvalue weighted by Gasteiger charge is 2.30. The van der Waals surface area contributed by atoms with Crippen molar-refractivity contribution in [2.75, 3.05) is 26.7 Å². The molecule has 33 heavy (non-hydrogen) atoms. The summed E-state index contributed by atoms with van der Waals surface area (Å²) in [5.41, 5.74) is 2.53. The van der Waals surface area contributed by atoms with Crippen molar-refractivity contribution in [3.05, 3.63) is 65.4 Å². The summed E-state index contributed by atoms with van der Waals surface area (Å²) in [5.74, 6) is -3.02. The second kappa shape index (κ2) is 9.35. The summed E-state index contributed by atoms with van der Waals surface area (Å²) in [6.45, 7) is 7.69. The van der Waals surface area contributed by atoms with Gasteiger partial charge < -0.3 is 19.5 Å². The van der Waals surface area contributed by atoms with Gasteiger partial charge in [0.15, 0.2) is 0 Å². The van der Waals surface area contributed by atoms with Crippen LogP contribution >= 0.6 is 8.58 Å². The number of carbonyl (C=O) groups excluding carboxylic acids is 1. The maximum Gasteiger partial charge on any atom is 0.274 e. The number of hydrogen-bond donors (Lipinski definition) is 1. The van der Waals surface area contributed by atoms with E-state index in [4.69, 9.17) is 0 Å². The number of alkyl halides is 2. The number of aromatic nitrogens is 2. The van der Waals surface area contributed by atoms with Crippen molar-refractivity contribution in [2.24, 2.45) is 0 Å². The molecule has 176 valence electrons. The predicted octanol–water partition coefficient (Wildman–Crippen LogP) is 3.94. The van der Waals surface area contributed by atoms with Crippen LogP contribution in [0.1, 0.15) is 30.7 Å². The number of nitrogens with one attached hydrogen (secondary N) is 1. The first kappa shape index (κ1) is 23.6. The summed E-state index contributed by atoms with van der Waals surface area (Å²) in [6, 6.07) is 1.91. The molecule has 3 atom stereocenters. The van der Waals surface area contributed by atoms with Gasteiger partial charge in [-0.25, -0.2) is 13.8 Å². The summed E-state index contributed by atoms with van der Waals surface area (Å²) >= 11 is 0. The number of aryl methyl sites for hydroxylation is 1. The summed E-state index contributed by atoms with van der Waals surface area (Å²) in [4.78, 5) is 20.2. The Kier molecular flexibility index (Phi) is 6.68. The molecule has 0 radical (unpaired) electrons. The molecule has 9 heteroatoms. The van der Waals surface area contributed by atoms with Gasteiger partial charge in [0.05, 0.1) is 22.7 Å². The van der Waals surface area contributed by atoms with Crippen molar-refractivity contribution in [3.63, 3.8) is 0 Å². The number of aldehydes is 1. The second-order valence-corrected chi connectivity index (χ2v) is 10.2. The number of likely N-dealkylation sites (N-methyl/N-ethyl adjacent to an activating group) is 1. The molecule has 0 aromatic carbocycles. The van der Waals surface area contributed by atoms with E-state index in [9.17, 15) is 13.6 Å². The highest BCUT2D eigenvalue weighted by molar-refractivity contribution is 7.51. The van der Waals surface area contributed by atoms with Crippen LogP contribution in [0.4, 0.5) is 8.78 Å². The normalized spacial score (nSPS) is 22.5. The standard InChI is InChI=1S/C24H30F2N5OP/c1-16-12-30(9-8-27-16)19-5-6-22(29(4)15-19)33-21(7-10-32)18-11-20(24(3,25)26)23-28-17(2)13-31(23)14-18/h5-7,10-11,13-16,22,27,33H,8-9,12H2,1-4H3/b21-7-/t16-,22?/m0/s1. The number of pyridine rings is 1. The van der Waals surface area contributed by atoms with Gasteiger partial charge in [-0.05, 0) is 42.9 Å². The highest BCUT2D eigenvalue weighted by Crippen LogP contribution is 2.42. The van der Waals surface area contributed by atoms with Crippen molar-refractivity contribution in [1.29, 1.82) is 0 Å². The molecule has 2 unspecified atom stereocenters. The molecule has 2 aliphatic rings. The van der Waals surface area contributed by atoms with Gasteiger partial charge in [0.2, 0.25) is 0 Å². The van der Waals surface area contributed by atoms with Crippen LogP contribution in [-0.4, -0.2) is 64.0 Å². The van der Waals surface area contributed by atoms with Crippen molar-refractivity contribution in [1.82, 2.24) is 24.5 Å². The molecule has 0 aliphatic carbocycles. The molecule has 4 heterocycles. The topological polar surface area (TPSA) is 52.9 Å². The van der Waals surface area contributed by atoms with Gasteiger partial charge in [0.25, 0.3) is 5.92 Å². The zero-order chi connectivity index (χ0) is 23.8. The van der Waals surface area contributed by atoms with E-state index in [0.717, 1.165) is 43.9 Å². The smallest absolute Gasteiger partial charge is 0.274 e. The first-order valence-corrected chi connectivity index (χ1v) is 12.1. The fraction of sp³-hybridized carbons (Fsp3) is 0.417. The molecule has 1 saturated heterocycles. The molecule has 0 amide bonds. The average Bonchev–Trinajstić information content (AvgIpc) is 3.13. The number of piperazine rings is 1. The molecule has 6 nitrogen and oxygen atoms in total.